The van der Waals surface area contributed by atoms with Crippen LogP contribution in [0.15, 0.2) is 18.2 Å². The summed E-state index contributed by atoms with van der Waals surface area (Å²) in [7, 11) is 0. The van der Waals surface area contributed by atoms with Gasteiger partial charge in [0.15, 0.2) is 0 Å². The van der Waals surface area contributed by atoms with E-state index in [1.165, 1.54) is 0 Å². The number of nitrogens with zero attached hydrogens (tertiary/aromatic N) is 1. The summed E-state index contributed by atoms with van der Waals surface area (Å²) >= 11 is 12.2. The second-order valence-electron chi connectivity index (χ2n) is 4.93. The topological polar surface area (TPSA) is 29.5 Å². The lowest BCUT2D eigenvalue weighted by Crippen LogP contribution is -2.48. The van der Waals surface area contributed by atoms with Crippen LogP contribution in [0.5, 0.6) is 0 Å². The molecule has 2 atom stereocenters. The third kappa shape index (κ3) is 3.62. The largest absolute Gasteiger partial charge is 0.372 e. The van der Waals surface area contributed by atoms with Crippen LogP contribution in [0.25, 0.3) is 0 Å². The molecule has 2 rings (SSSR count). The van der Waals surface area contributed by atoms with E-state index in [-0.39, 0.29) is 24.5 Å². The van der Waals surface area contributed by atoms with Gasteiger partial charge in [-0.3, -0.25) is 4.79 Å². The zero-order valence-electron chi connectivity index (χ0n) is 11.0. The first-order valence-corrected chi connectivity index (χ1v) is 7.09. The summed E-state index contributed by atoms with van der Waals surface area (Å²) in [6.07, 6.45) is 0.363. The lowest BCUT2D eigenvalue weighted by molar-refractivity contribution is -0.142. The quantitative estimate of drug-likeness (QED) is 0.840. The van der Waals surface area contributed by atoms with Crippen LogP contribution in [0, 0.1) is 0 Å². The molecule has 0 N–H and O–H groups in total. The van der Waals surface area contributed by atoms with Crippen molar-refractivity contribution in [2.75, 3.05) is 13.1 Å². The van der Waals surface area contributed by atoms with Gasteiger partial charge in [-0.25, -0.2) is 0 Å². The minimum absolute atomic E-state index is 0.0389. The zero-order valence-corrected chi connectivity index (χ0v) is 12.5. The molecule has 5 heteroatoms. The average molecular weight is 302 g/mol. The van der Waals surface area contributed by atoms with E-state index in [9.17, 15) is 4.79 Å². The lowest BCUT2D eigenvalue weighted by Gasteiger charge is -2.35. The first kappa shape index (κ1) is 14.6. The summed E-state index contributed by atoms with van der Waals surface area (Å²) in [6.45, 7) is 5.17. The number of carbonyl (C=O) groups excluding carboxylic acids is 1. The summed E-state index contributed by atoms with van der Waals surface area (Å²) in [4.78, 5) is 14.1. The van der Waals surface area contributed by atoms with Gasteiger partial charge in [-0.2, -0.15) is 0 Å². The highest BCUT2D eigenvalue weighted by atomic mass is 35.5. The van der Waals surface area contributed by atoms with Crippen LogP contribution in [0.4, 0.5) is 0 Å². The molecule has 1 aromatic rings. The average Bonchev–Trinajstić information content (AvgIpc) is 2.32. The number of amides is 1. The molecular formula is C14H17Cl2NO2. The Balaban J connectivity index is 2.08. The first-order valence-electron chi connectivity index (χ1n) is 6.33. The number of carbonyl (C=O) groups is 1. The van der Waals surface area contributed by atoms with Crippen LogP contribution in [0.1, 0.15) is 19.4 Å². The van der Waals surface area contributed by atoms with E-state index in [0.29, 0.717) is 28.7 Å². The molecule has 1 heterocycles. The fraction of sp³-hybridized carbons (Fsp3) is 0.500. The molecule has 1 amide bonds. The maximum Gasteiger partial charge on any atom is 0.227 e. The SMILES string of the molecule is CC1CN(C(=O)Cc2c(Cl)cccc2Cl)CC(C)O1. The van der Waals surface area contributed by atoms with Gasteiger partial charge in [0.25, 0.3) is 0 Å². The molecule has 3 nitrogen and oxygen atoms in total. The summed E-state index contributed by atoms with van der Waals surface area (Å²) in [5.74, 6) is 0.0389. The summed E-state index contributed by atoms with van der Waals surface area (Å²) < 4.78 is 5.62. The second kappa shape index (κ2) is 6.12. The summed E-state index contributed by atoms with van der Waals surface area (Å²) in [5.41, 5.74) is 0.697. The maximum atomic E-state index is 12.3. The Hall–Kier alpha value is -0.770. The van der Waals surface area contributed by atoms with E-state index in [1.807, 2.05) is 18.7 Å². The van der Waals surface area contributed by atoms with Crippen molar-refractivity contribution in [2.45, 2.75) is 32.5 Å². The molecule has 19 heavy (non-hydrogen) atoms. The van der Waals surface area contributed by atoms with Crippen molar-refractivity contribution in [3.05, 3.63) is 33.8 Å². The van der Waals surface area contributed by atoms with E-state index in [4.69, 9.17) is 27.9 Å². The molecule has 0 saturated carbocycles. The van der Waals surface area contributed by atoms with E-state index in [2.05, 4.69) is 0 Å². The van der Waals surface area contributed by atoms with Crippen LogP contribution >= 0.6 is 23.2 Å². The summed E-state index contributed by atoms with van der Waals surface area (Å²) in [6, 6.07) is 5.28. The number of morpholine rings is 1. The smallest absolute Gasteiger partial charge is 0.227 e. The number of rotatable bonds is 2. The van der Waals surface area contributed by atoms with Crippen molar-refractivity contribution in [3.8, 4) is 0 Å². The lowest BCUT2D eigenvalue weighted by atomic mass is 10.1. The molecule has 2 unspecified atom stereocenters. The molecule has 1 fully saturated rings. The standard InChI is InChI=1S/C14H17Cl2NO2/c1-9-7-17(8-10(2)19-9)14(18)6-11-12(15)4-3-5-13(11)16/h3-5,9-10H,6-8H2,1-2H3. The van der Waals surface area contributed by atoms with Gasteiger partial charge in [0.05, 0.1) is 18.6 Å². The van der Waals surface area contributed by atoms with Crippen LogP contribution in [0.3, 0.4) is 0 Å². The number of hydrogen-bond acceptors (Lipinski definition) is 2. The van der Waals surface area contributed by atoms with Crippen molar-refractivity contribution >= 4 is 29.1 Å². The number of ether oxygens (including phenoxy) is 1. The summed E-state index contributed by atoms with van der Waals surface area (Å²) in [5, 5.41) is 1.07. The van der Waals surface area contributed by atoms with Gasteiger partial charge in [0.1, 0.15) is 0 Å². The Kier molecular flexibility index (Phi) is 4.71. The molecule has 0 radical (unpaired) electrons. The van der Waals surface area contributed by atoms with E-state index >= 15 is 0 Å². The van der Waals surface area contributed by atoms with Crippen molar-refractivity contribution in [3.63, 3.8) is 0 Å². The van der Waals surface area contributed by atoms with Gasteiger partial charge in [-0.05, 0) is 31.5 Å². The molecule has 104 valence electrons. The predicted octanol–water partition coefficient (Wildman–Crippen LogP) is 3.17. The van der Waals surface area contributed by atoms with Gasteiger partial charge in [-0.15, -0.1) is 0 Å². The minimum atomic E-state index is 0.0389. The van der Waals surface area contributed by atoms with Crippen molar-refractivity contribution in [1.29, 1.82) is 0 Å². The molecule has 1 aliphatic heterocycles. The highest BCUT2D eigenvalue weighted by molar-refractivity contribution is 6.36. The highest BCUT2D eigenvalue weighted by Gasteiger charge is 2.26. The van der Waals surface area contributed by atoms with E-state index < -0.39 is 0 Å². The third-order valence-corrected chi connectivity index (χ3v) is 3.87. The van der Waals surface area contributed by atoms with Crippen molar-refractivity contribution < 1.29 is 9.53 Å². The van der Waals surface area contributed by atoms with Crippen LogP contribution in [-0.2, 0) is 16.0 Å². The third-order valence-electron chi connectivity index (χ3n) is 3.16. The molecule has 1 aromatic carbocycles. The number of halogens is 2. The Morgan fingerprint density at radius 2 is 1.79 bits per heavy atom. The van der Waals surface area contributed by atoms with E-state index in [0.717, 1.165) is 0 Å². The molecule has 1 saturated heterocycles. The maximum absolute atomic E-state index is 12.3. The first-order chi connectivity index (χ1) is 8.97. The Labute approximate surface area is 123 Å². The molecule has 0 spiro atoms. The molecule has 0 aliphatic carbocycles. The van der Waals surface area contributed by atoms with E-state index in [1.54, 1.807) is 18.2 Å². The number of benzene rings is 1. The van der Waals surface area contributed by atoms with Crippen LogP contribution in [0.2, 0.25) is 10.0 Å². The minimum Gasteiger partial charge on any atom is -0.372 e. The van der Waals surface area contributed by atoms with Gasteiger partial charge in [-0.1, -0.05) is 29.3 Å². The second-order valence-corrected chi connectivity index (χ2v) is 5.75. The Morgan fingerprint density at radius 1 is 1.26 bits per heavy atom. The monoisotopic (exact) mass is 301 g/mol. The number of hydrogen-bond donors (Lipinski definition) is 0. The Bertz CT molecular complexity index is 448. The highest BCUT2D eigenvalue weighted by Crippen LogP contribution is 2.25. The van der Waals surface area contributed by atoms with Crippen LogP contribution < -0.4 is 0 Å². The zero-order chi connectivity index (χ0) is 14.0. The normalized spacial score (nSPS) is 23.5. The molecule has 1 aliphatic rings. The fourth-order valence-corrected chi connectivity index (χ4v) is 2.88. The van der Waals surface area contributed by atoms with Crippen molar-refractivity contribution in [1.82, 2.24) is 4.90 Å². The van der Waals surface area contributed by atoms with Gasteiger partial charge >= 0.3 is 0 Å². The molecule has 0 aromatic heterocycles. The fourth-order valence-electron chi connectivity index (χ4n) is 2.35. The molecular weight excluding hydrogens is 285 g/mol. The van der Waals surface area contributed by atoms with Crippen LogP contribution in [-0.4, -0.2) is 36.1 Å². The van der Waals surface area contributed by atoms with Crippen molar-refractivity contribution in [2.24, 2.45) is 0 Å². The Morgan fingerprint density at radius 3 is 2.32 bits per heavy atom. The molecule has 0 bridgehead atoms. The van der Waals surface area contributed by atoms with Gasteiger partial charge in [0.2, 0.25) is 5.91 Å². The van der Waals surface area contributed by atoms with Gasteiger partial charge in [0, 0.05) is 23.1 Å². The predicted molar refractivity (Wildman–Crippen MR) is 76.8 cm³/mol. The van der Waals surface area contributed by atoms with Gasteiger partial charge < -0.3 is 9.64 Å².